The summed E-state index contributed by atoms with van der Waals surface area (Å²) in [7, 11) is 1.97. The fourth-order valence-corrected chi connectivity index (χ4v) is 3.51. The number of amides is 1. The molecule has 0 aliphatic carbocycles. The van der Waals surface area contributed by atoms with Crippen LogP contribution in [0.15, 0.2) is 29.0 Å². The van der Waals surface area contributed by atoms with Gasteiger partial charge in [-0.1, -0.05) is 12.1 Å². The third kappa shape index (κ3) is 3.49. The van der Waals surface area contributed by atoms with Crippen LogP contribution in [0.5, 0.6) is 0 Å². The second-order valence-corrected chi connectivity index (χ2v) is 6.86. The first-order valence-electron chi connectivity index (χ1n) is 9.26. The van der Waals surface area contributed by atoms with Gasteiger partial charge in [-0.15, -0.1) is 10.2 Å². The zero-order valence-corrected chi connectivity index (χ0v) is 15.6. The highest BCUT2D eigenvalue weighted by Crippen LogP contribution is 2.27. The van der Waals surface area contributed by atoms with Gasteiger partial charge in [0.05, 0.1) is 5.69 Å². The predicted octanol–water partition coefficient (Wildman–Crippen LogP) is 1.63. The molecule has 4 rings (SSSR count). The van der Waals surface area contributed by atoms with Gasteiger partial charge in [-0.25, -0.2) is 0 Å². The minimum atomic E-state index is -0.106. The van der Waals surface area contributed by atoms with Gasteiger partial charge in [0, 0.05) is 44.5 Å². The molecule has 0 saturated carbocycles. The van der Waals surface area contributed by atoms with Gasteiger partial charge in [-0.2, -0.15) is 5.10 Å². The predicted molar refractivity (Wildman–Crippen MR) is 96.1 cm³/mol. The van der Waals surface area contributed by atoms with E-state index in [0.29, 0.717) is 18.8 Å². The maximum atomic E-state index is 12.7. The number of hydrogen-bond acceptors (Lipinski definition) is 6. The van der Waals surface area contributed by atoms with Crippen LogP contribution in [0.2, 0.25) is 0 Å². The molecule has 0 N–H and O–H groups in total. The van der Waals surface area contributed by atoms with Gasteiger partial charge >= 0.3 is 0 Å². The van der Waals surface area contributed by atoms with E-state index in [4.69, 9.17) is 4.52 Å². The Morgan fingerprint density at radius 1 is 1.37 bits per heavy atom. The Hall–Kier alpha value is -2.97. The molecule has 27 heavy (non-hydrogen) atoms. The highest BCUT2D eigenvalue weighted by atomic mass is 16.5. The molecule has 0 bridgehead atoms. The second kappa shape index (κ2) is 7.34. The molecule has 0 unspecified atom stereocenters. The van der Waals surface area contributed by atoms with Crippen LogP contribution in [-0.4, -0.2) is 53.6 Å². The molecule has 1 aliphatic heterocycles. The summed E-state index contributed by atoms with van der Waals surface area (Å²) in [6.45, 7) is 3.88. The number of nitrogens with zero attached hydrogens (tertiary/aromatic N) is 7. The molecule has 1 amide bonds. The smallest absolute Gasteiger partial charge is 0.292 e. The summed E-state index contributed by atoms with van der Waals surface area (Å²) in [5, 5.41) is 16.9. The molecular weight excluding hydrogens is 346 g/mol. The molecule has 9 nitrogen and oxygen atoms in total. The molecule has 0 aromatic carbocycles. The molecule has 3 aromatic heterocycles. The maximum absolute atomic E-state index is 12.7. The van der Waals surface area contributed by atoms with Crippen LogP contribution >= 0.6 is 0 Å². The van der Waals surface area contributed by atoms with Crippen LogP contribution in [0.3, 0.4) is 0 Å². The Bertz CT molecular complexity index is 912. The molecule has 1 saturated heterocycles. The standard InChI is InChI=1S/C18H23N7O2/c1-3-14-10-15(27-22-14)18(26)24-8-4-6-13(11-24)17-21-20-16(23(17)2)12-25-9-5-7-19-25/h5,7,9-10,13H,3-4,6,8,11-12H2,1-2H3/t13-/m1/s1. The van der Waals surface area contributed by atoms with Gasteiger partial charge in [0.15, 0.2) is 5.82 Å². The number of carbonyl (C=O) groups excluding carboxylic acids is 1. The van der Waals surface area contributed by atoms with E-state index in [2.05, 4.69) is 20.5 Å². The van der Waals surface area contributed by atoms with Crippen molar-refractivity contribution in [1.29, 1.82) is 0 Å². The topological polar surface area (TPSA) is 94.9 Å². The van der Waals surface area contributed by atoms with E-state index in [1.165, 1.54) is 0 Å². The van der Waals surface area contributed by atoms with Gasteiger partial charge in [0.2, 0.25) is 5.76 Å². The molecule has 9 heteroatoms. The first-order valence-corrected chi connectivity index (χ1v) is 9.26. The largest absolute Gasteiger partial charge is 0.351 e. The van der Waals surface area contributed by atoms with Crippen molar-refractivity contribution in [2.24, 2.45) is 7.05 Å². The summed E-state index contributed by atoms with van der Waals surface area (Å²) >= 11 is 0. The third-order valence-corrected chi connectivity index (χ3v) is 5.07. The third-order valence-electron chi connectivity index (χ3n) is 5.07. The number of likely N-dealkylation sites (tertiary alicyclic amines) is 1. The van der Waals surface area contributed by atoms with E-state index in [1.807, 2.05) is 40.4 Å². The molecule has 0 radical (unpaired) electrons. The summed E-state index contributed by atoms with van der Waals surface area (Å²) in [5.41, 5.74) is 0.795. The SMILES string of the molecule is CCc1cc(C(=O)N2CCC[C@@H](c3nnc(Cn4cccn4)n3C)C2)on1. The van der Waals surface area contributed by atoms with E-state index < -0.39 is 0 Å². The number of piperidine rings is 1. The lowest BCUT2D eigenvalue weighted by molar-refractivity contribution is 0.0661. The second-order valence-electron chi connectivity index (χ2n) is 6.86. The number of rotatable bonds is 5. The average Bonchev–Trinajstić information content (AvgIpc) is 3.44. The number of aromatic nitrogens is 6. The van der Waals surface area contributed by atoms with Crippen LogP contribution in [0.4, 0.5) is 0 Å². The zero-order valence-electron chi connectivity index (χ0n) is 15.6. The normalized spacial score (nSPS) is 17.4. The number of aryl methyl sites for hydroxylation is 1. The van der Waals surface area contributed by atoms with Crippen molar-refractivity contribution in [3.63, 3.8) is 0 Å². The zero-order chi connectivity index (χ0) is 18.8. The van der Waals surface area contributed by atoms with Crippen molar-refractivity contribution in [1.82, 2.24) is 34.6 Å². The molecular formula is C18H23N7O2. The number of hydrogen-bond donors (Lipinski definition) is 0. The van der Waals surface area contributed by atoms with Crippen LogP contribution in [0.1, 0.15) is 53.6 Å². The van der Waals surface area contributed by atoms with Crippen LogP contribution in [-0.2, 0) is 20.0 Å². The van der Waals surface area contributed by atoms with E-state index >= 15 is 0 Å². The fourth-order valence-electron chi connectivity index (χ4n) is 3.51. The first kappa shape index (κ1) is 17.4. The van der Waals surface area contributed by atoms with Gasteiger partial charge in [-0.3, -0.25) is 9.48 Å². The molecule has 1 fully saturated rings. The Kier molecular flexibility index (Phi) is 4.74. The highest BCUT2D eigenvalue weighted by Gasteiger charge is 2.30. The van der Waals surface area contributed by atoms with Crippen LogP contribution in [0, 0.1) is 0 Å². The Balaban J connectivity index is 1.48. The molecule has 4 heterocycles. The van der Waals surface area contributed by atoms with Crippen LogP contribution in [0.25, 0.3) is 0 Å². The van der Waals surface area contributed by atoms with E-state index in [0.717, 1.165) is 43.1 Å². The van der Waals surface area contributed by atoms with Crippen LogP contribution < -0.4 is 0 Å². The average molecular weight is 369 g/mol. The van der Waals surface area contributed by atoms with Crippen molar-refractivity contribution in [3.05, 3.63) is 47.6 Å². The lowest BCUT2D eigenvalue weighted by Gasteiger charge is -2.31. The minimum absolute atomic E-state index is 0.106. The van der Waals surface area contributed by atoms with Gasteiger partial charge in [0.1, 0.15) is 12.4 Å². The fraction of sp³-hybridized carbons (Fsp3) is 0.500. The van der Waals surface area contributed by atoms with E-state index in [9.17, 15) is 4.79 Å². The molecule has 1 aliphatic rings. The van der Waals surface area contributed by atoms with Crippen molar-refractivity contribution in [2.45, 2.75) is 38.6 Å². The van der Waals surface area contributed by atoms with Crippen molar-refractivity contribution in [2.75, 3.05) is 13.1 Å². The lowest BCUT2D eigenvalue weighted by Crippen LogP contribution is -2.39. The Morgan fingerprint density at radius 2 is 2.26 bits per heavy atom. The van der Waals surface area contributed by atoms with E-state index in [1.54, 1.807) is 12.3 Å². The molecule has 3 aromatic rings. The quantitative estimate of drug-likeness (QED) is 0.678. The molecule has 1 atom stereocenters. The van der Waals surface area contributed by atoms with Gasteiger partial charge in [-0.05, 0) is 25.3 Å². The summed E-state index contributed by atoms with van der Waals surface area (Å²) in [6.07, 6.45) is 6.30. The summed E-state index contributed by atoms with van der Waals surface area (Å²) in [6, 6.07) is 3.62. The summed E-state index contributed by atoms with van der Waals surface area (Å²) < 4.78 is 9.05. The summed E-state index contributed by atoms with van der Waals surface area (Å²) in [4.78, 5) is 14.6. The lowest BCUT2D eigenvalue weighted by atomic mass is 9.97. The van der Waals surface area contributed by atoms with Crippen molar-refractivity contribution in [3.8, 4) is 0 Å². The molecule has 142 valence electrons. The summed E-state index contributed by atoms with van der Waals surface area (Å²) in [5.74, 6) is 2.11. The number of carbonyl (C=O) groups is 1. The monoisotopic (exact) mass is 369 g/mol. The Morgan fingerprint density at radius 3 is 3.00 bits per heavy atom. The van der Waals surface area contributed by atoms with Gasteiger partial charge in [0.25, 0.3) is 5.91 Å². The Labute approximate surface area is 157 Å². The van der Waals surface area contributed by atoms with E-state index in [-0.39, 0.29) is 11.8 Å². The first-order chi connectivity index (χ1) is 13.2. The van der Waals surface area contributed by atoms with Crippen molar-refractivity contribution < 1.29 is 9.32 Å². The minimum Gasteiger partial charge on any atom is -0.351 e. The van der Waals surface area contributed by atoms with Crippen molar-refractivity contribution >= 4 is 5.91 Å². The maximum Gasteiger partial charge on any atom is 0.292 e. The molecule has 0 spiro atoms. The highest BCUT2D eigenvalue weighted by molar-refractivity contribution is 5.91. The van der Waals surface area contributed by atoms with Gasteiger partial charge < -0.3 is 14.0 Å².